The quantitative estimate of drug-likeness (QED) is 0.691. The van der Waals surface area contributed by atoms with E-state index in [1.807, 2.05) is 0 Å². The Morgan fingerprint density at radius 1 is 1.30 bits per heavy atom. The topological polar surface area (TPSA) is 69.6 Å². The van der Waals surface area contributed by atoms with E-state index in [4.69, 9.17) is 5.73 Å². The highest BCUT2D eigenvalue weighted by Gasteiger charge is 2.42. The Hall–Kier alpha value is -2.26. The predicted octanol–water partition coefficient (Wildman–Crippen LogP) is 1.96. The summed E-state index contributed by atoms with van der Waals surface area (Å²) in [5.74, 6) is -5.55. The summed E-state index contributed by atoms with van der Waals surface area (Å²) in [6.07, 6.45) is -3.88. The Balaban J connectivity index is 2.41. The van der Waals surface area contributed by atoms with Crippen LogP contribution in [-0.2, 0) is 6.54 Å². The Kier molecular flexibility index (Phi) is 3.55. The number of hydrogen-bond donors (Lipinski definition) is 1. The maximum absolute atomic E-state index is 13.6. The van der Waals surface area contributed by atoms with Crippen molar-refractivity contribution in [3.05, 3.63) is 24.0 Å². The van der Waals surface area contributed by atoms with Gasteiger partial charge in [-0.1, -0.05) is 0 Å². The Labute approximate surface area is 109 Å². The van der Waals surface area contributed by atoms with Crippen molar-refractivity contribution in [3.8, 4) is 11.4 Å². The van der Waals surface area contributed by atoms with Crippen molar-refractivity contribution in [2.45, 2.75) is 18.9 Å². The standard InChI is InChI=1S/C10H8F5N5/c11-7-2-1-5(16)3-6(7)8-17-18-19-20(8)4-10(14,15)9(12)13/h1-3,9H,4,16H2. The van der Waals surface area contributed by atoms with Crippen LogP contribution in [0.3, 0.4) is 0 Å². The second-order valence-corrected chi connectivity index (χ2v) is 3.96. The molecule has 1 aromatic carbocycles. The first kappa shape index (κ1) is 14.2. The van der Waals surface area contributed by atoms with Crippen LogP contribution in [0.5, 0.6) is 0 Å². The molecule has 0 radical (unpaired) electrons. The average Bonchev–Trinajstić information content (AvgIpc) is 2.79. The van der Waals surface area contributed by atoms with Gasteiger partial charge in [-0.3, -0.25) is 0 Å². The molecule has 2 N–H and O–H groups in total. The number of aromatic nitrogens is 4. The average molecular weight is 293 g/mol. The number of hydrogen-bond acceptors (Lipinski definition) is 4. The van der Waals surface area contributed by atoms with Gasteiger partial charge in [0.05, 0.1) is 5.56 Å². The van der Waals surface area contributed by atoms with Gasteiger partial charge in [-0.25, -0.2) is 17.9 Å². The van der Waals surface area contributed by atoms with Crippen LogP contribution in [-0.4, -0.2) is 32.6 Å². The van der Waals surface area contributed by atoms with Gasteiger partial charge < -0.3 is 5.73 Å². The number of halogens is 5. The van der Waals surface area contributed by atoms with E-state index in [1.54, 1.807) is 0 Å². The second kappa shape index (κ2) is 5.02. The highest BCUT2D eigenvalue weighted by Crippen LogP contribution is 2.28. The van der Waals surface area contributed by atoms with Crippen LogP contribution in [0.2, 0.25) is 0 Å². The van der Waals surface area contributed by atoms with Gasteiger partial charge in [-0.05, 0) is 28.6 Å². The molecule has 1 aromatic heterocycles. The summed E-state index contributed by atoms with van der Waals surface area (Å²) in [4.78, 5) is 0. The molecule has 2 aromatic rings. The number of benzene rings is 1. The molecule has 0 aliphatic rings. The zero-order valence-corrected chi connectivity index (χ0v) is 9.77. The van der Waals surface area contributed by atoms with Crippen LogP contribution in [0.15, 0.2) is 18.2 Å². The summed E-state index contributed by atoms with van der Waals surface area (Å²) in [6.45, 7) is -1.47. The molecular formula is C10H8F5N5. The third kappa shape index (κ3) is 2.68. The molecule has 0 fully saturated rings. The SMILES string of the molecule is Nc1ccc(F)c(-c2nnnn2CC(F)(F)C(F)F)c1. The molecule has 0 unspecified atom stereocenters. The highest BCUT2D eigenvalue weighted by atomic mass is 19.3. The molecule has 0 saturated carbocycles. The van der Waals surface area contributed by atoms with E-state index < -0.39 is 30.5 Å². The van der Waals surface area contributed by atoms with E-state index >= 15 is 0 Å². The maximum atomic E-state index is 13.6. The van der Waals surface area contributed by atoms with Gasteiger partial charge in [-0.15, -0.1) is 5.10 Å². The van der Waals surface area contributed by atoms with Gasteiger partial charge in [0.1, 0.15) is 12.4 Å². The lowest BCUT2D eigenvalue weighted by atomic mass is 10.1. The zero-order valence-electron chi connectivity index (χ0n) is 9.77. The Bertz CT molecular complexity index is 612. The lowest BCUT2D eigenvalue weighted by molar-refractivity contribution is -0.139. The first-order chi connectivity index (χ1) is 9.31. The predicted molar refractivity (Wildman–Crippen MR) is 58.6 cm³/mol. The fraction of sp³-hybridized carbons (Fsp3) is 0.300. The summed E-state index contributed by atoms with van der Waals surface area (Å²) in [5, 5.41) is 9.62. The highest BCUT2D eigenvalue weighted by molar-refractivity contribution is 5.61. The lowest BCUT2D eigenvalue weighted by Gasteiger charge is -2.15. The van der Waals surface area contributed by atoms with Crippen LogP contribution >= 0.6 is 0 Å². The van der Waals surface area contributed by atoms with Gasteiger partial charge in [0.2, 0.25) is 0 Å². The van der Waals surface area contributed by atoms with Crippen LogP contribution in [0.25, 0.3) is 11.4 Å². The number of nitrogen functional groups attached to an aromatic ring is 1. The van der Waals surface area contributed by atoms with Crippen molar-refractivity contribution in [3.63, 3.8) is 0 Å². The van der Waals surface area contributed by atoms with E-state index in [1.165, 1.54) is 6.07 Å². The summed E-state index contributed by atoms with van der Waals surface area (Å²) < 4.78 is 64.3. The molecular weight excluding hydrogens is 285 g/mol. The molecule has 0 spiro atoms. The zero-order chi connectivity index (χ0) is 14.9. The molecule has 0 aliphatic heterocycles. The number of nitrogens with zero attached hydrogens (tertiary/aromatic N) is 4. The lowest BCUT2D eigenvalue weighted by Crippen LogP contribution is -2.33. The minimum absolute atomic E-state index is 0.150. The van der Waals surface area contributed by atoms with Crippen molar-refractivity contribution < 1.29 is 22.0 Å². The third-order valence-corrected chi connectivity index (χ3v) is 2.44. The molecule has 2 rings (SSSR count). The van der Waals surface area contributed by atoms with Crippen LogP contribution in [0, 0.1) is 5.82 Å². The van der Waals surface area contributed by atoms with Gasteiger partial charge in [0, 0.05) is 5.69 Å². The van der Waals surface area contributed by atoms with E-state index in [-0.39, 0.29) is 11.3 Å². The third-order valence-electron chi connectivity index (χ3n) is 2.44. The first-order valence-electron chi connectivity index (χ1n) is 5.29. The number of rotatable bonds is 4. The minimum Gasteiger partial charge on any atom is -0.399 e. The Morgan fingerprint density at radius 2 is 2.00 bits per heavy atom. The summed E-state index contributed by atoms with van der Waals surface area (Å²) in [7, 11) is 0. The van der Waals surface area contributed by atoms with Gasteiger partial charge in [0.25, 0.3) is 0 Å². The van der Waals surface area contributed by atoms with Crippen molar-refractivity contribution in [1.29, 1.82) is 0 Å². The van der Waals surface area contributed by atoms with Gasteiger partial charge in [0.15, 0.2) is 5.82 Å². The van der Waals surface area contributed by atoms with Crippen LogP contribution in [0.4, 0.5) is 27.6 Å². The smallest absolute Gasteiger partial charge is 0.326 e. The molecule has 0 aliphatic carbocycles. The Morgan fingerprint density at radius 3 is 2.65 bits per heavy atom. The van der Waals surface area contributed by atoms with Crippen molar-refractivity contribution in [2.24, 2.45) is 0 Å². The number of nitrogens with two attached hydrogens (primary N) is 1. The molecule has 5 nitrogen and oxygen atoms in total. The molecule has 0 saturated heterocycles. The van der Waals surface area contributed by atoms with Crippen molar-refractivity contribution in [2.75, 3.05) is 5.73 Å². The summed E-state index contributed by atoms with van der Waals surface area (Å²) in [6, 6.07) is 3.37. The normalized spacial score (nSPS) is 12.1. The summed E-state index contributed by atoms with van der Waals surface area (Å²) in [5.41, 5.74) is 5.35. The van der Waals surface area contributed by atoms with Crippen LogP contribution < -0.4 is 5.73 Å². The molecule has 1 heterocycles. The maximum Gasteiger partial charge on any atom is 0.326 e. The van der Waals surface area contributed by atoms with E-state index in [2.05, 4.69) is 15.5 Å². The molecule has 20 heavy (non-hydrogen) atoms. The van der Waals surface area contributed by atoms with E-state index in [0.29, 0.717) is 4.68 Å². The number of anilines is 1. The molecule has 0 atom stereocenters. The van der Waals surface area contributed by atoms with E-state index in [9.17, 15) is 22.0 Å². The fourth-order valence-electron chi connectivity index (χ4n) is 1.49. The van der Waals surface area contributed by atoms with Gasteiger partial charge in [-0.2, -0.15) is 8.78 Å². The fourth-order valence-corrected chi connectivity index (χ4v) is 1.49. The second-order valence-electron chi connectivity index (χ2n) is 3.96. The van der Waals surface area contributed by atoms with E-state index in [0.717, 1.165) is 12.1 Å². The largest absolute Gasteiger partial charge is 0.399 e. The molecule has 108 valence electrons. The van der Waals surface area contributed by atoms with Crippen molar-refractivity contribution in [1.82, 2.24) is 20.2 Å². The molecule has 0 bridgehead atoms. The first-order valence-corrected chi connectivity index (χ1v) is 5.29. The molecule has 10 heteroatoms. The monoisotopic (exact) mass is 293 g/mol. The molecule has 0 amide bonds. The summed E-state index contributed by atoms with van der Waals surface area (Å²) >= 11 is 0. The van der Waals surface area contributed by atoms with Crippen LogP contribution in [0.1, 0.15) is 0 Å². The number of tetrazole rings is 1. The number of alkyl halides is 4. The van der Waals surface area contributed by atoms with Crippen molar-refractivity contribution >= 4 is 5.69 Å². The minimum atomic E-state index is -4.33. The van der Waals surface area contributed by atoms with Gasteiger partial charge >= 0.3 is 12.3 Å².